The second-order valence-corrected chi connectivity index (χ2v) is 13.0. The zero-order valence-corrected chi connectivity index (χ0v) is 23.6. The van der Waals surface area contributed by atoms with Gasteiger partial charge in [0.05, 0.1) is 12.7 Å². The number of hydrogen-bond acceptors (Lipinski definition) is 6. The van der Waals surface area contributed by atoms with E-state index in [-0.39, 0.29) is 17.9 Å². The van der Waals surface area contributed by atoms with Crippen molar-refractivity contribution < 1.29 is 4.39 Å². The van der Waals surface area contributed by atoms with E-state index >= 15 is 0 Å². The molecule has 7 rings (SSSR count). The standard InChI is InChI=1S/C31H24ClFN4S2/c1-16-25(30-22-7-4-19(32)11-26(22)34-14-36-30)13-21(38-16)9-18-3-6-24-28(10-18)39-17(2)29(24)31-23-8-5-20(33)12-27(23)35-15-37-31/h3-8,10-15,30-31H,9H2,1-2H3,(H,34,36)(H,35,37). The summed E-state index contributed by atoms with van der Waals surface area (Å²) in [5.41, 5.74) is 7.64. The van der Waals surface area contributed by atoms with Crippen LogP contribution in [0.3, 0.4) is 0 Å². The van der Waals surface area contributed by atoms with Crippen molar-refractivity contribution in [2.24, 2.45) is 9.98 Å². The van der Waals surface area contributed by atoms with Gasteiger partial charge in [0.15, 0.2) is 0 Å². The van der Waals surface area contributed by atoms with Gasteiger partial charge in [0.2, 0.25) is 0 Å². The molecule has 5 aromatic rings. The van der Waals surface area contributed by atoms with E-state index in [4.69, 9.17) is 21.6 Å². The lowest BCUT2D eigenvalue weighted by Crippen LogP contribution is -2.12. The summed E-state index contributed by atoms with van der Waals surface area (Å²) < 4.78 is 15.1. The van der Waals surface area contributed by atoms with E-state index < -0.39 is 0 Å². The third-order valence-electron chi connectivity index (χ3n) is 7.44. The first-order valence-electron chi connectivity index (χ1n) is 12.7. The number of nitrogens with zero attached hydrogens (tertiary/aromatic N) is 2. The van der Waals surface area contributed by atoms with Gasteiger partial charge in [-0.15, -0.1) is 22.7 Å². The number of aryl methyl sites for hydroxylation is 2. The maximum absolute atomic E-state index is 13.8. The van der Waals surface area contributed by atoms with Crippen LogP contribution < -0.4 is 10.6 Å². The number of fused-ring (bicyclic) bond motifs is 3. The fourth-order valence-electron chi connectivity index (χ4n) is 5.64. The molecule has 0 amide bonds. The molecular formula is C31H24ClFN4S2. The second-order valence-electron chi connectivity index (χ2n) is 9.92. The van der Waals surface area contributed by atoms with E-state index in [0.717, 1.165) is 28.9 Å². The summed E-state index contributed by atoms with van der Waals surface area (Å²) in [4.78, 5) is 13.3. The van der Waals surface area contributed by atoms with Crippen LogP contribution in [0.5, 0.6) is 0 Å². The first kappa shape index (κ1) is 24.5. The summed E-state index contributed by atoms with van der Waals surface area (Å²) >= 11 is 9.85. The second kappa shape index (κ2) is 9.59. The van der Waals surface area contributed by atoms with E-state index in [9.17, 15) is 4.39 Å². The van der Waals surface area contributed by atoms with Crippen LogP contribution in [-0.2, 0) is 6.42 Å². The summed E-state index contributed by atoms with van der Waals surface area (Å²) in [5.74, 6) is -0.251. The Morgan fingerprint density at radius 1 is 0.795 bits per heavy atom. The Hall–Kier alpha value is -3.52. The highest BCUT2D eigenvalue weighted by Gasteiger charge is 2.26. The van der Waals surface area contributed by atoms with Crippen molar-refractivity contribution in [3.8, 4) is 0 Å². The molecule has 2 aliphatic heterocycles. The summed E-state index contributed by atoms with van der Waals surface area (Å²) in [7, 11) is 0. The van der Waals surface area contributed by atoms with Crippen molar-refractivity contribution in [2.75, 3.05) is 10.6 Å². The van der Waals surface area contributed by atoms with Gasteiger partial charge in [-0.1, -0.05) is 35.9 Å². The smallest absolute Gasteiger partial charge is 0.125 e. The Kier molecular flexibility index (Phi) is 6.03. The largest absolute Gasteiger partial charge is 0.346 e. The van der Waals surface area contributed by atoms with E-state index in [2.05, 4.69) is 54.8 Å². The first-order valence-corrected chi connectivity index (χ1v) is 14.7. The third kappa shape index (κ3) is 4.35. The summed E-state index contributed by atoms with van der Waals surface area (Å²) in [6.45, 7) is 4.33. The van der Waals surface area contributed by atoms with Crippen LogP contribution in [0.4, 0.5) is 15.8 Å². The van der Waals surface area contributed by atoms with Gasteiger partial charge in [-0.05, 0) is 66.8 Å². The highest BCUT2D eigenvalue weighted by Crippen LogP contribution is 2.44. The van der Waals surface area contributed by atoms with Crippen molar-refractivity contribution in [2.45, 2.75) is 32.4 Å². The molecule has 0 spiro atoms. The van der Waals surface area contributed by atoms with Crippen LogP contribution in [0.2, 0.25) is 5.02 Å². The molecule has 2 unspecified atom stereocenters. The fraction of sp³-hybridized carbons (Fsp3) is 0.161. The Morgan fingerprint density at radius 3 is 2.38 bits per heavy atom. The summed E-state index contributed by atoms with van der Waals surface area (Å²) in [6.07, 6.45) is 4.31. The van der Waals surface area contributed by atoms with Crippen LogP contribution in [0.25, 0.3) is 10.1 Å². The number of anilines is 2. The molecule has 4 heterocycles. The Bertz CT molecular complexity index is 1820. The number of aliphatic imine (C=N–C) groups is 2. The number of hydrogen-bond donors (Lipinski definition) is 2. The summed E-state index contributed by atoms with van der Waals surface area (Å²) in [6, 6.07) is 19.7. The minimum atomic E-state index is -0.251. The Morgan fingerprint density at radius 2 is 1.54 bits per heavy atom. The lowest BCUT2D eigenvalue weighted by atomic mass is 9.94. The first-order chi connectivity index (χ1) is 18.9. The fourth-order valence-corrected chi connectivity index (χ4v) is 8.08. The molecule has 0 saturated heterocycles. The molecule has 2 aromatic heterocycles. The van der Waals surface area contributed by atoms with Crippen LogP contribution in [0, 0.1) is 19.7 Å². The number of thiophene rings is 2. The summed E-state index contributed by atoms with van der Waals surface area (Å²) in [5, 5.41) is 8.24. The van der Waals surface area contributed by atoms with Gasteiger partial charge in [0.1, 0.15) is 17.9 Å². The van der Waals surface area contributed by atoms with Crippen LogP contribution in [0.1, 0.15) is 54.5 Å². The molecule has 0 aliphatic carbocycles. The highest BCUT2D eigenvalue weighted by molar-refractivity contribution is 7.19. The molecule has 2 aliphatic rings. The van der Waals surface area contributed by atoms with Crippen molar-refractivity contribution in [1.82, 2.24) is 0 Å². The maximum Gasteiger partial charge on any atom is 0.125 e. The van der Waals surface area contributed by atoms with Gasteiger partial charge in [0.25, 0.3) is 0 Å². The Labute approximate surface area is 238 Å². The van der Waals surface area contributed by atoms with Gasteiger partial charge in [-0.25, -0.2) is 4.39 Å². The van der Waals surface area contributed by atoms with Crippen molar-refractivity contribution in [1.29, 1.82) is 0 Å². The van der Waals surface area contributed by atoms with Gasteiger partial charge < -0.3 is 10.6 Å². The monoisotopic (exact) mass is 570 g/mol. The quantitative estimate of drug-likeness (QED) is 0.226. The molecule has 39 heavy (non-hydrogen) atoms. The highest BCUT2D eigenvalue weighted by atomic mass is 35.5. The molecule has 2 atom stereocenters. The van der Waals surface area contributed by atoms with E-state index in [1.165, 1.54) is 53.5 Å². The van der Waals surface area contributed by atoms with Gasteiger partial charge in [-0.2, -0.15) is 0 Å². The number of nitrogens with one attached hydrogen (secondary N) is 2. The zero-order valence-electron chi connectivity index (χ0n) is 21.3. The van der Waals surface area contributed by atoms with Gasteiger partial charge in [-0.3, -0.25) is 9.98 Å². The topological polar surface area (TPSA) is 48.8 Å². The number of rotatable bonds is 4. The predicted molar refractivity (Wildman–Crippen MR) is 164 cm³/mol. The average molecular weight is 571 g/mol. The Balaban J connectivity index is 1.19. The predicted octanol–water partition coefficient (Wildman–Crippen LogP) is 9.05. The lowest BCUT2D eigenvalue weighted by Gasteiger charge is -2.22. The molecule has 4 nitrogen and oxygen atoms in total. The molecule has 0 saturated carbocycles. The average Bonchev–Trinajstić information content (AvgIpc) is 3.45. The number of halogens is 2. The minimum absolute atomic E-state index is 0.0320. The van der Waals surface area contributed by atoms with E-state index in [1.807, 2.05) is 29.5 Å². The van der Waals surface area contributed by atoms with Crippen molar-refractivity contribution in [3.05, 3.63) is 114 Å². The lowest BCUT2D eigenvalue weighted by molar-refractivity contribution is 0.627. The van der Waals surface area contributed by atoms with Gasteiger partial charge >= 0.3 is 0 Å². The molecule has 0 radical (unpaired) electrons. The SMILES string of the molecule is Cc1sc(Cc2ccc3c(C4N=CNc5cc(F)ccc54)c(C)sc3c2)cc1C1N=CNc2cc(Cl)ccc21. The molecule has 0 bridgehead atoms. The molecule has 194 valence electrons. The molecule has 0 fully saturated rings. The van der Waals surface area contributed by atoms with Crippen LogP contribution in [-0.4, -0.2) is 12.7 Å². The maximum atomic E-state index is 13.8. The van der Waals surface area contributed by atoms with Crippen molar-refractivity contribution in [3.63, 3.8) is 0 Å². The van der Waals surface area contributed by atoms with Crippen molar-refractivity contribution >= 4 is 68.4 Å². The van der Waals surface area contributed by atoms with Gasteiger partial charge in [0, 0.05) is 58.8 Å². The number of benzene rings is 3. The molecule has 2 N–H and O–H groups in total. The third-order valence-corrected chi connectivity index (χ3v) is 9.82. The molecule has 3 aromatic carbocycles. The normalized spacial score (nSPS) is 17.5. The van der Waals surface area contributed by atoms with Crippen LogP contribution in [0.15, 0.2) is 70.6 Å². The van der Waals surface area contributed by atoms with Crippen LogP contribution >= 0.6 is 34.3 Å². The van der Waals surface area contributed by atoms with E-state index in [1.54, 1.807) is 24.0 Å². The molecular weight excluding hydrogens is 547 g/mol. The minimum Gasteiger partial charge on any atom is -0.346 e. The van der Waals surface area contributed by atoms with E-state index in [0.29, 0.717) is 5.02 Å². The zero-order chi connectivity index (χ0) is 26.7. The molecule has 8 heteroatoms.